The van der Waals surface area contributed by atoms with Crippen LogP contribution in [0.1, 0.15) is 30.1 Å². The number of carbonyl (C=O) groups excluding carboxylic acids is 3. The normalized spacial score (nSPS) is 20.6. The van der Waals surface area contributed by atoms with E-state index in [2.05, 4.69) is 4.98 Å². The molecular weight excluding hydrogens is 348 g/mol. The van der Waals surface area contributed by atoms with E-state index in [0.717, 1.165) is 25.9 Å². The Morgan fingerprint density at radius 1 is 1.19 bits per heavy atom. The Morgan fingerprint density at radius 2 is 1.96 bits per heavy atom. The zero-order valence-electron chi connectivity index (χ0n) is 15.7. The van der Waals surface area contributed by atoms with Crippen LogP contribution in [0.2, 0.25) is 0 Å². The first-order chi connectivity index (χ1) is 13.1. The van der Waals surface area contributed by atoms with Gasteiger partial charge >= 0.3 is 5.97 Å². The van der Waals surface area contributed by atoms with Gasteiger partial charge in [0.1, 0.15) is 6.04 Å². The van der Waals surface area contributed by atoms with Crippen LogP contribution in [0.15, 0.2) is 24.5 Å². The lowest BCUT2D eigenvalue weighted by atomic mass is 10.1. The van der Waals surface area contributed by atoms with Crippen molar-refractivity contribution in [2.45, 2.75) is 25.8 Å². The van der Waals surface area contributed by atoms with Crippen LogP contribution >= 0.6 is 0 Å². The molecule has 2 aliphatic rings. The maximum atomic E-state index is 13.1. The molecule has 1 unspecified atom stereocenters. The third-order valence-corrected chi connectivity index (χ3v) is 4.99. The van der Waals surface area contributed by atoms with Crippen LogP contribution < -0.4 is 0 Å². The fourth-order valence-electron chi connectivity index (χ4n) is 3.63. The van der Waals surface area contributed by atoms with Gasteiger partial charge in [-0.2, -0.15) is 0 Å². The van der Waals surface area contributed by atoms with Crippen LogP contribution in [-0.2, 0) is 14.3 Å². The lowest BCUT2D eigenvalue weighted by molar-refractivity contribution is -0.147. The van der Waals surface area contributed by atoms with Crippen molar-refractivity contribution in [2.75, 3.05) is 45.9 Å². The van der Waals surface area contributed by atoms with Gasteiger partial charge in [-0.15, -0.1) is 0 Å². The predicted octanol–water partition coefficient (Wildman–Crippen LogP) is 0.394. The average molecular weight is 374 g/mol. The number of amides is 2. The summed E-state index contributed by atoms with van der Waals surface area (Å²) < 4.78 is 5.02. The Kier molecular flexibility index (Phi) is 6.39. The summed E-state index contributed by atoms with van der Waals surface area (Å²) in [6.45, 7) is 4.92. The second kappa shape index (κ2) is 8.94. The summed E-state index contributed by atoms with van der Waals surface area (Å²) in [5.74, 6) is -0.549. The Balaban J connectivity index is 1.76. The second-order valence-corrected chi connectivity index (χ2v) is 6.83. The summed E-state index contributed by atoms with van der Waals surface area (Å²) in [4.78, 5) is 47.2. The van der Waals surface area contributed by atoms with Gasteiger partial charge in [0.25, 0.3) is 5.91 Å². The third-order valence-electron chi connectivity index (χ3n) is 4.99. The molecule has 1 aromatic rings. The highest BCUT2D eigenvalue weighted by Gasteiger charge is 2.39. The smallest absolute Gasteiger partial charge is 0.320 e. The van der Waals surface area contributed by atoms with E-state index in [9.17, 15) is 14.4 Å². The Hall–Kier alpha value is -2.48. The Morgan fingerprint density at radius 3 is 2.63 bits per heavy atom. The van der Waals surface area contributed by atoms with Crippen LogP contribution in [0.3, 0.4) is 0 Å². The van der Waals surface area contributed by atoms with Crippen molar-refractivity contribution in [2.24, 2.45) is 0 Å². The van der Waals surface area contributed by atoms with E-state index >= 15 is 0 Å². The van der Waals surface area contributed by atoms with Crippen molar-refractivity contribution in [3.05, 3.63) is 30.1 Å². The highest BCUT2D eigenvalue weighted by Crippen LogP contribution is 2.19. The maximum Gasteiger partial charge on any atom is 0.320 e. The van der Waals surface area contributed by atoms with E-state index in [-0.39, 0.29) is 24.3 Å². The van der Waals surface area contributed by atoms with Crippen molar-refractivity contribution in [1.82, 2.24) is 19.7 Å². The molecule has 146 valence electrons. The first-order valence-corrected chi connectivity index (χ1v) is 9.48. The van der Waals surface area contributed by atoms with Crippen molar-refractivity contribution >= 4 is 17.8 Å². The molecule has 3 heterocycles. The first kappa shape index (κ1) is 19.3. The monoisotopic (exact) mass is 374 g/mol. The van der Waals surface area contributed by atoms with Gasteiger partial charge in [-0.1, -0.05) is 0 Å². The molecular formula is C19H26N4O4. The first-order valence-electron chi connectivity index (χ1n) is 9.48. The minimum atomic E-state index is -0.598. The van der Waals surface area contributed by atoms with Crippen molar-refractivity contribution in [3.63, 3.8) is 0 Å². The van der Waals surface area contributed by atoms with Crippen molar-refractivity contribution < 1.29 is 19.1 Å². The fraction of sp³-hybridized carbons (Fsp3) is 0.579. The molecule has 1 atom stereocenters. The van der Waals surface area contributed by atoms with Crippen molar-refractivity contribution in [1.29, 1.82) is 0 Å². The summed E-state index contributed by atoms with van der Waals surface area (Å²) in [6, 6.07) is 2.82. The van der Waals surface area contributed by atoms with E-state index in [1.807, 2.05) is 9.80 Å². The number of nitrogens with zero attached hydrogens (tertiary/aromatic N) is 4. The van der Waals surface area contributed by atoms with Crippen molar-refractivity contribution in [3.8, 4) is 0 Å². The lowest BCUT2D eigenvalue weighted by Crippen LogP contribution is -2.61. The zero-order valence-corrected chi connectivity index (χ0v) is 15.7. The summed E-state index contributed by atoms with van der Waals surface area (Å²) in [6.07, 6.45) is 5.11. The SMILES string of the molecule is CCOC(=O)CN1CCN(C(=O)c2cccnc2)C(C(=O)N2CCCC2)C1. The number of hydrogen-bond donors (Lipinski definition) is 0. The predicted molar refractivity (Wildman–Crippen MR) is 97.9 cm³/mol. The van der Waals surface area contributed by atoms with Gasteiger partial charge in [-0.3, -0.25) is 24.3 Å². The molecule has 2 saturated heterocycles. The molecule has 0 saturated carbocycles. The molecule has 0 radical (unpaired) electrons. The number of carbonyl (C=O) groups is 3. The van der Waals surface area contributed by atoms with Crippen LogP contribution in [0.5, 0.6) is 0 Å². The van der Waals surface area contributed by atoms with Crippen LogP contribution in [0, 0.1) is 0 Å². The maximum absolute atomic E-state index is 13.1. The standard InChI is InChI=1S/C19H26N4O4/c1-2-27-17(24)14-21-10-11-23(18(25)15-6-5-7-20-12-15)16(13-21)19(26)22-8-3-4-9-22/h5-7,12,16H,2-4,8-11,13-14H2,1H3. The van der Waals surface area contributed by atoms with Gasteiger partial charge in [0.15, 0.2) is 0 Å². The van der Waals surface area contributed by atoms with Gasteiger partial charge in [0, 0.05) is 45.1 Å². The fourth-order valence-corrected chi connectivity index (χ4v) is 3.63. The number of pyridine rings is 1. The average Bonchev–Trinajstić information content (AvgIpc) is 3.22. The molecule has 0 aromatic carbocycles. The minimum Gasteiger partial charge on any atom is -0.465 e. The number of esters is 1. The highest BCUT2D eigenvalue weighted by molar-refractivity contribution is 5.97. The van der Waals surface area contributed by atoms with Gasteiger partial charge in [-0.25, -0.2) is 0 Å². The number of aromatic nitrogens is 1. The van der Waals surface area contributed by atoms with E-state index in [1.165, 1.54) is 6.20 Å². The third kappa shape index (κ3) is 4.63. The molecule has 2 aliphatic heterocycles. The Bertz CT molecular complexity index is 676. The largest absolute Gasteiger partial charge is 0.465 e. The molecule has 0 bridgehead atoms. The van der Waals surface area contributed by atoms with E-state index in [4.69, 9.17) is 4.74 Å². The molecule has 27 heavy (non-hydrogen) atoms. The number of ether oxygens (including phenoxy) is 1. The molecule has 2 fully saturated rings. The second-order valence-electron chi connectivity index (χ2n) is 6.83. The number of likely N-dealkylation sites (tertiary alicyclic amines) is 1. The van der Waals surface area contributed by atoms with E-state index in [0.29, 0.717) is 31.8 Å². The van der Waals surface area contributed by atoms with Crippen LogP contribution in [-0.4, -0.2) is 89.4 Å². The minimum absolute atomic E-state index is 0.0432. The highest BCUT2D eigenvalue weighted by atomic mass is 16.5. The van der Waals surface area contributed by atoms with Gasteiger partial charge in [0.05, 0.1) is 18.7 Å². The van der Waals surface area contributed by atoms with Gasteiger partial charge < -0.3 is 14.5 Å². The van der Waals surface area contributed by atoms with Crippen LogP contribution in [0.4, 0.5) is 0 Å². The molecule has 8 nitrogen and oxygen atoms in total. The van der Waals surface area contributed by atoms with Crippen LogP contribution in [0.25, 0.3) is 0 Å². The molecule has 1 aromatic heterocycles. The molecule has 0 aliphatic carbocycles. The summed E-state index contributed by atoms with van der Waals surface area (Å²) in [7, 11) is 0. The molecule has 0 spiro atoms. The summed E-state index contributed by atoms with van der Waals surface area (Å²) in [5, 5.41) is 0. The number of rotatable bonds is 5. The molecule has 2 amide bonds. The summed E-state index contributed by atoms with van der Waals surface area (Å²) >= 11 is 0. The number of hydrogen-bond acceptors (Lipinski definition) is 6. The lowest BCUT2D eigenvalue weighted by Gasteiger charge is -2.41. The number of piperazine rings is 1. The Labute approximate surface area is 159 Å². The topological polar surface area (TPSA) is 83.0 Å². The molecule has 8 heteroatoms. The quantitative estimate of drug-likeness (QED) is 0.694. The van der Waals surface area contributed by atoms with E-state index < -0.39 is 6.04 Å². The van der Waals surface area contributed by atoms with Gasteiger partial charge in [0.2, 0.25) is 5.91 Å². The molecule has 0 N–H and O–H groups in total. The zero-order chi connectivity index (χ0) is 19.2. The van der Waals surface area contributed by atoms with Gasteiger partial charge in [-0.05, 0) is 31.9 Å². The van der Waals surface area contributed by atoms with E-state index in [1.54, 1.807) is 30.2 Å². The summed E-state index contributed by atoms with van der Waals surface area (Å²) in [5.41, 5.74) is 0.468. The molecule has 3 rings (SSSR count).